The number of rotatable bonds is 4. The van der Waals surface area contributed by atoms with Gasteiger partial charge in [-0.05, 0) is 30.7 Å². The Morgan fingerprint density at radius 1 is 1.24 bits per heavy atom. The maximum Gasteiger partial charge on any atom is 0.210 e. The topological polar surface area (TPSA) is 47.3 Å². The lowest BCUT2D eigenvalue weighted by molar-refractivity contribution is 0.0991. The number of ketones is 1. The predicted octanol–water partition coefficient (Wildman–Crippen LogP) is 2.58. The minimum Gasteiger partial charge on any atom is -0.461 e. The lowest BCUT2D eigenvalue weighted by atomic mass is 10.2. The first-order valence-electron chi connectivity index (χ1n) is 5.19. The molecule has 0 saturated carbocycles. The van der Waals surface area contributed by atoms with Crippen molar-refractivity contribution in [3.8, 4) is 0 Å². The molecule has 1 heterocycles. The smallest absolute Gasteiger partial charge is 0.210 e. The van der Waals surface area contributed by atoms with E-state index < -0.39 is 10.8 Å². The van der Waals surface area contributed by atoms with E-state index in [-0.39, 0.29) is 17.3 Å². The molecule has 1 aromatic heterocycles. The monoisotopic (exact) mass is 248 g/mol. The Kier molecular flexibility index (Phi) is 3.54. The predicted molar refractivity (Wildman–Crippen MR) is 65.5 cm³/mol. The van der Waals surface area contributed by atoms with Crippen molar-refractivity contribution >= 4 is 16.6 Å². The van der Waals surface area contributed by atoms with E-state index in [2.05, 4.69) is 0 Å². The van der Waals surface area contributed by atoms with Gasteiger partial charge in [-0.1, -0.05) is 18.2 Å². The van der Waals surface area contributed by atoms with Crippen molar-refractivity contribution in [2.45, 2.75) is 11.8 Å². The number of hydrogen-bond donors (Lipinski definition) is 0. The molecule has 2 rings (SSSR count). The molecule has 1 unspecified atom stereocenters. The quantitative estimate of drug-likeness (QED) is 0.781. The van der Waals surface area contributed by atoms with E-state index in [0.29, 0.717) is 4.90 Å². The second kappa shape index (κ2) is 5.10. The molecule has 0 radical (unpaired) electrons. The van der Waals surface area contributed by atoms with Crippen LogP contribution < -0.4 is 0 Å². The van der Waals surface area contributed by atoms with Crippen molar-refractivity contribution in [2.24, 2.45) is 0 Å². The molecular formula is C13H12O3S. The number of benzene rings is 1. The third kappa shape index (κ3) is 2.71. The molecule has 0 aliphatic rings. The number of aryl methyl sites for hydroxylation is 1. The van der Waals surface area contributed by atoms with Gasteiger partial charge in [0.25, 0.3) is 0 Å². The zero-order valence-corrected chi connectivity index (χ0v) is 10.2. The fourth-order valence-corrected chi connectivity index (χ4v) is 2.71. The van der Waals surface area contributed by atoms with Crippen LogP contribution in [-0.2, 0) is 10.8 Å². The largest absolute Gasteiger partial charge is 0.461 e. The van der Waals surface area contributed by atoms with Crippen molar-refractivity contribution in [2.75, 3.05) is 5.75 Å². The number of carbonyl (C=O) groups excluding carboxylic acids is 1. The number of furan rings is 1. The summed E-state index contributed by atoms with van der Waals surface area (Å²) in [6, 6.07) is 10.6. The molecule has 0 aliphatic carbocycles. The summed E-state index contributed by atoms with van der Waals surface area (Å²) in [7, 11) is -1.32. The number of carbonyl (C=O) groups is 1. The van der Waals surface area contributed by atoms with Gasteiger partial charge in [-0.25, -0.2) is 0 Å². The molecule has 88 valence electrons. The van der Waals surface area contributed by atoms with Gasteiger partial charge in [0.05, 0.1) is 22.8 Å². The van der Waals surface area contributed by atoms with Crippen LogP contribution in [0.3, 0.4) is 0 Å². The van der Waals surface area contributed by atoms with Crippen molar-refractivity contribution in [1.29, 1.82) is 0 Å². The van der Waals surface area contributed by atoms with Crippen LogP contribution in [0.1, 0.15) is 16.1 Å². The fourth-order valence-electron chi connectivity index (χ4n) is 1.52. The van der Waals surface area contributed by atoms with Gasteiger partial charge in [-0.15, -0.1) is 0 Å². The van der Waals surface area contributed by atoms with E-state index in [9.17, 15) is 9.00 Å². The van der Waals surface area contributed by atoms with E-state index in [1.165, 1.54) is 6.26 Å². The standard InChI is InChI=1S/C13H12O3S/c1-10-5-2-3-7-13(10)17(15)9-11(14)12-6-4-8-16-12/h2-8H,9H2,1H3. The molecule has 3 nitrogen and oxygen atoms in total. The second-order valence-corrected chi connectivity index (χ2v) is 5.08. The summed E-state index contributed by atoms with van der Waals surface area (Å²) in [5.74, 6) is -0.0261. The molecule has 2 aromatic rings. The summed E-state index contributed by atoms with van der Waals surface area (Å²) < 4.78 is 17.0. The van der Waals surface area contributed by atoms with Gasteiger partial charge in [-0.3, -0.25) is 9.00 Å². The first-order valence-corrected chi connectivity index (χ1v) is 6.51. The highest BCUT2D eigenvalue weighted by molar-refractivity contribution is 7.85. The fraction of sp³-hybridized carbons (Fsp3) is 0.154. The van der Waals surface area contributed by atoms with Crippen LogP contribution in [0.25, 0.3) is 0 Å². The summed E-state index contributed by atoms with van der Waals surface area (Å²) in [5, 5.41) is 0. The molecule has 1 atom stereocenters. The first-order chi connectivity index (χ1) is 8.18. The SMILES string of the molecule is Cc1ccccc1S(=O)CC(=O)c1ccco1. The van der Waals surface area contributed by atoms with Crippen molar-refractivity contribution in [3.05, 3.63) is 54.0 Å². The highest BCUT2D eigenvalue weighted by atomic mass is 32.2. The van der Waals surface area contributed by atoms with E-state index in [4.69, 9.17) is 4.42 Å². The summed E-state index contributed by atoms with van der Waals surface area (Å²) in [4.78, 5) is 12.4. The molecule has 0 spiro atoms. The van der Waals surface area contributed by atoms with Gasteiger partial charge >= 0.3 is 0 Å². The molecule has 0 saturated heterocycles. The third-order valence-corrected chi connectivity index (χ3v) is 3.87. The Morgan fingerprint density at radius 2 is 2.00 bits per heavy atom. The highest BCUT2D eigenvalue weighted by Gasteiger charge is 2.15. The zero-order valence-electron chi connectivity index (χ0n) is 9.38. The Morgan fingerprint density at radius 3 is 2.65 bits per heavy atom. The van der Waals surface area contributed by atoms with E-state index in [1.54, 1.807) is 18.2 Å². The second-order valence-electron chi connectivity index (χ2n) is 3.66. The van der Waals surface area contributed by atoms with Crippen LogP contribution in [0.2, 0.25) is 0 Å². The Hall–Kier alpha value is -1.68. The molecule has 0 fully saturated rings. The van der Waals surface area contributed by atoms with Gasteiger partial charge in [0.15, 0.2) is 5.76 Å². The Bertz CT molecular complexity index is 544. The third-order valence-electron chi connectivity index (χ3n) is 2.40. The summed E-state index contributed by atoms with van der Waals surface area (Å²) >= 11 is 0. The number of hydrogen-bond acceptors (Lipinski definition) is 3. The molecule has 0 bridgehead atoms. The van der Waals surface area contributed by atoms with E-state index >= 15 is 0 Å². The van der Waals surface area contributed by atoms with Crippen LogP contribution >= 0.6 is 0 Å². The van der Waals surface area contributed by atoms with Crippen LogP contribution in [0.15, 0.2) is 52.0 Å². The van der Waals surface area contributed by atoms with Gasteiger partial charge < -0.3 is 4.42 Å². The van der Waals surface area contributed by atoms with Gasteiger partial charge in [0.2, 0.25) is 5.78 Å². The van der Waals surface area contributed by atoms with Gasteiger partial charge in [0, 0.05) is 4.90 Å². The summed E-state index contributed by atoms with van der Waals surface area (Å²) in [5.41, 5.74) is 0.929. The molecule has 0 aliphatic heterocycles. The molecule has 17 heavy (non-hydrogen) atoms. The lowest BCUT2D eigenvalue weighted by Gasteiger charge is -2.03. The summed E-state index contributed by atoms with van der Waals surface area (Å²) in [6.45, 7) is 1.88. The molecule has 1 aromatic carbocycles. The minimum atomic E-state index is -1.32. The van der Waals surface area contributed by atoms with Crippen molar-refractivity contribution in [1.82, 2.24) is 0 Å². The average Bonchev–Trinajstić information content (AvgIpc) is 2.82. The molecular weight excluding hydrogens is 236 g/mol. The minimum absolute atomic E-state index is 0.0433. The lowest BCUT2D eigenvalue weighted by Crippen LogP contribution is -2.11. The van der Waals surface area contributed by atoms with Crippen LogP contribution in [0.5, 0.6) is 0 Å². The molecule has 0 N–H and O–H groups in total. The summed E-state index contributed by atoms with van der Waals surface area (Å²) in [6.07, 6.45) is 1.43. The van der Waals surface area contributed by atoms with Crippen LogP contribution in [0.4, 0.5) is 0 Å². The van der Waals surface area contributed by atoms with Gasteiger partial charge in [0.1, 0.15) is 0 Å². The Balaban J connectivity index is 2.13. The van der Waals surface area contributed by atoms with E-state index in [0.717, 1.165) is 5.56 Å². The van der Waals surface area contributed by atoms with Crippen LogP contribution in [0, 0.1) is 6.92 Å². The zero-order chi connectivity index (χ0) is 12.3. The van der Waals surface area contributed by atoms with E-state index in [1.807, 2.05) is 25.1 Å². The van der Waals surface area contributed by atoms with Gasteiger partial charge in [-0.2, -0.15) is 0 Å². The molecule has 0 amide bonds. The number of Topliss-reactive ketones (excluding diaryl/α,β-unsaturated/α-hetero) is 1. The Labute approximate surface area is 102 Å². The average molecular weight is 248 g/mol. The highest BCUT2D eigenvalue weighted by Crippen LogP contribution is 2.13. The van der Waals surface area contributed by atoms with Crippen LogP contribution in [-0.4, -0.2) is 15.7 Å². The molecule has 4 heteroatoms. The first kappa shape index (κ1) is 11.8. The van der Waals surface area contributed by atoms with Crippen molar-refractivity contribution in [3.63, 3.8) is 0 Å². The van der Waals surface area contributed by atoms with Crippen molar-refractivity contribution < 1.29 is 13.4 Å². The maximum atomic E-state index is 12.0. The normalized spacial score (nSPS) is 12.3. The maximum absolute atomic E-state index is 12.0.